The number of amides is 1. The average Bonchev–Trinajstić information content (AvgIpc) is 3.52. The first-order chi connectivity index (χ1) is 20.1. The van der Waals surface area contributed by atoms with Crippen molar-refractivity contribution in [3.63, 3.8) is 0 Å². The highest BCUT2D eigenvalue weighted by Crippen LogP contribution is 2.38. The number of likely N-dealkylation sites (tertiary alicyclic amines) is 1. The molecule has 1 amide bonds. The number of aromatic nitrogens is 4. The van der Waals surface area contributed by atoms with Gasteiger partial charge in [-0.25, -0.2) is 19.6 Å². The Labute approximate surface area is 256 Å². The Morgan fingerprint density at radius 3 is 2.42 bits per heavy atom. The molecular formula is C32H39ClN6O4. The number of para-hydroxylation sites is 1. The molecule has 0 unspecified atom stereocenters. The zero-order valence-corrected chi connectivity index (χ0v) is 26.6. The number of carbonyl (C=O) groups is 2. The summed E-state index contributed by atoms with van der Waals surface area (Å²) in [6.45, 7) is 18.1. The Kier molecular flexibility index (Phi) is 7.94. The van der Waals surface area contributed by atoms with Gasteiger partial charge in [-0.3, -0.25) is 8.97 Å². The van der Waals surface area contributed by atoms with Crippen LogP contribution in [0.5, 0.6) is 0 Å². The maximum atomic E-state index is 13.2. The van der Waals surface area contributed by atoms with Gasteiger partial charge in [0.15, 0.2) is 11.5 Å². The number of anilines is 1. The number of rotatable bonds is 4. The van der Waals surface area contributed by atoms with Crippen LogP contribution < -0.4 is 5.32 Å². The van der Waals surface area contributed by atoms with Crippen LogP contribution in [0, 0.1) is 0 Å². The summed E-state index contributed by atoms with van der Waals surface area (Å²) in [5.41, 5.74) is 2.61. The number of benzene rings is 1. The Morgan fingerprint density at radius 2 is 1.74 bits per heavy atom. The first kappa shape index (κ1) is 30.4. The fourth-order valence-corrected chi connectivity index (χ4v) is 5.53. The number of ether oxygens (including phenoxy) is 2. The molecule has 1 fully saturated rings. The molecule has 1 atom stereocenters. The molecule has 0 spiro atoms. The molecule has 5 rings (SSSR count). The van der Waals surface area contributed by atoms with Crippen LogP contribution in [0.15, 0.2) is 43.2 Å². The van der Waals surface area contributed by atoms with Crippen LogP contribution in [0.3, 0.4) is 0 Å². The largest absolute Gasteiger partial charge is 0.444 e. The lowest BCUT2D eigenvalue weighted by atomic mass is 10.1. The first-order valence-electron chi connectivity index (χ1n) is 14.4. The predicted molar refractivity (Wildman–Crippen MR) is 170 cm³/mol. The molecule has 4 heterocycles. The molecule has 11 heteroatoms. The van der Waals surface area contributed by atoms with Gasteiger partial charge in [-0.1, -0.05) is 36.4 Å². The molecule has 0 bridgehead atoms. The molecule has 10 nitrogen and oxygen atoms in total. The van der Waals surface area contributed by atoms with Crippen LogP contribution in [0.25, 0.3) is 33.4 Å². The Balaban J connectivity index is 1.61. The highest BCUT2D eigenvalue weighted by molar-refractivity contribution is 6.33. The summed E-state index contributed by atoms with van der Waals surface area (Å²) in [4.78, 5) is 37.4. The van der Waals surface area contributed by atoms with Gasteiger partial charge in [0.25, 0.3) is 0 Å². The Hall–Kier alpha value is -4.05. The minimum absolute atomic E-state index is 0.0975. The van der Waals surface area contributed by atoms with E-state index in [-0.39, 0.29) is 12.1 Å². The second kappa shape index (κ2) is 11.2. The van der Waals surface area contributed by atoms with E-state index in [0.29, 0.717) is 46.5 Å². The Morgan fingerprint density at radius 1 is 1.07 bits per heavy atom. The summed E-state index contributed by atoms with van der Waals surface area (Å²) in [5.74, 6) is 0.511. The monoisotopic (exact) mass is 606 g/mol. The molecule has 43 heavy (non-hydrogen) atoms. The van der Waals surface area contributed by atoms with Gasteiger partial charge in [-0.05, 0) is 72.9 Å². The molecule has 1 saturated heterocycles. The number of hydrogen-bond donors (Lipinski definition) is 1. The number of piperidine rings is 1. The standard InChI is InChI=1S/C32H39ClN6O4/c1-19(2)24-16-34-28-27(35-20-12-11-15-37(17-20)29(40)42-31(3,4)5)36-25(26(33)39(24)28)22-18-38(30(41)43-32(6,7)8)23-14-10-9-13-21(22)23/h9-10,13-14,16,18,20H,1,11-12,15,17H2,2-8H3,(H,35,36)/t20-/m0/s1. The fourth-order valence-electron chi connectivity index (χ4n) is 5.21. The summed E-state index contributed by atoms with van der Waals surface area (Å²) in [6.07, 6.45) is 4.23. The number of fused-ring (bicyclic) bond motifs is 2. The number of imidazole rings is 1. The van der Waals surface area contributed by atoms with E-state index in [4.69, 9.17) is 26.1 Å². The van der Waals surface area contributed by atoms with E-state index in [2.05, 4.69) is 16.9 Å². The van der Waals surface area contributed by atoms with Crippen molar-refractivity contribution in [3.05, 3.63) is 54.1 Å². The van der Waals surface area contributed by atoms with Crippen molar-refractivity contribution >= 4 is 51.7 Å². The van der Waals surface area contributed by atoms with Crippen molar-refractivity contribution < 1.29 is 19.1 Å². The van der Waals surface area contributed by atoms with Crippen molar-refractivity contribution in [2.45, 2.75) is 78.6 Å². The van der Waals surface area contributed by atoms with Crippen LogP contribution in [0.2, 0.25) is 5.15 Å². The summed E-state index contributed by atoms with van der Waals surface area (Å²) < 4.78 is 14.6. The van der Waals surface area contributed by atoms with E-state index in [0.717, 1.165) is 29.5 Å². The van der Waals surface area contributed by atoms with Gasteiger partial charge in [-0.15, -0.1) is 0 Å². The van der Waals surface area contributed by atoms with Crippen LogP contribution >= 0.6 is 11.6 Å². The van der Waals surface area contributed by atoms with Crippen LogP contribution in [0.4, 0.5) is 15.4 Å². The normalized spacial score (nSPS) is 16.0. The molecule has 3 aromatic heterocycles. The molecule has 1 aliphatic heterocycles. The van der Waals surface area contributed by atoms with Gasteiger partial charge in [0, 0.05) is 36.3 Å². The molecule has 0 radical (unpaired) electrons. The number of nitrogens with one attached hydrogen (secondary N) is 1. The quantitative estimate of drug-likeness (QED) is 0.255. The Bertz CT molecular complexity index is 1730. The van der Waals surface area contributed by atoms with E-state index in [9.17, 15) is 9.59 Å². The molecule has 1 aliphatic rings. The van der Waals surface area contributed by atoms with Crippen LogP contribution in [-0.4, -0.2) is 66.4 Å². The number of halogens is 1. The smallest absolute Gasteiger partial charge is 0.419 e. The number of hydrogen-bond acceptors (Lipinski definition) is 7. The third-order valence-corrected chi connectivity index (χ3v) is 7.35. The van der Waals surface area contributed by atoms with Crippen molar-refractivity contribution in [2.24, 2.45) is 0 Å². The topological polar surface area (TPSA) is 103 Å². The molecule has 1 aromatic carbocycles. The van der Waals surface area contributed by atoms with Crippen molar-refractivity contribution in [3.8, 4) is 11.3 Å². The van der Waals surface area contributed by atoms with E-state index in [1.54, 1.807) is 17.3 Å². The van der Waals surface area contributed by atoms with Gasteiger partial charge in [0.05, 0.1) is 17.4 Å². The molecule has 0 aliphatic carbocycles. The van der Waals surface area contributed by atoms with Gasteiger partial charge in [0.1, 0.15) is 22.0 Å². The average molecular weight is 607 g/mol. The SMILES string of the molecule is C=C(C)c1cnc2c(N[C@H]3CCCN(C(=O)OC(C)(C)C)C3)nc(-c3cn(C(=O)OC(C)(C)C)c4ccccc34)c(Cl)n12. The molecule has 228 valence electrons. The minimum Gasteiger partial charge on any atom is -0.444 e. The summed E-state index contributed by atoms with van der Waals surface area (Å²) >= 11 is 7.10. The zero-order valence-electron chi connectivity index (χ0n) is 25.8. The number of carbonyl (C=O) groups excluding carboxylic acids is 2. The van der Waals surface area contributed by atoms with Gasteiger partial charge in [0.2, 0.25) is 0 Å². The predicted octanol–water partition coefficient (Wildman–Crippen LogP) is 7.63. The zero-order chi connectivity index (χ0) is 31.3. The second-order valence-electron chi connectivity index (χ2n) is 13.0. The highest BCUT2D eigenvalue weighted by atomic mass is 35.5. The van der Waals surface area contributed by atoms with Crippen molar-refractivity contribution in [2.75, 3.05) is 18.4 Å². The fraction of sp³-hybridized carbons (Fsp3) is 0.438. The van der Waals surface area contributed by atoms with E-state index >= 15 is 0 Å². The first-order valence-corrected chi connectivity index (χ1v) is 14.8. The molecule has 4 aromatic rings. The van der Waals surface area contributed by atoms with Gasteiger partial charge < -0.3 is 19.7 Å². The second-order valence-corrected chi connectivity index (χ2v) is 13.4. The summed E-state index contributed by atoms with van der Waals surface area (Å²) in [6, 6.07) is 7.46. The van der Waals surface area contributed by atoms with Gasteiger partial charge in [-0.2, -0.15) is 0 Å². The van der Waals surface area contributed by atoms with Crippen LogP contribution in [0.1, 0.15) is 67.0 Å². The summed E-state index contributed by atoms with van der Waals surface area (Å²) in [5, 5.41) is 4.67. The molecule has 0 saturated carbocycles. The minimum atomic E-state index is -0.672. The van der Waals surface area contributed by atoms with E-state index in [1.807, 2.05) is 77.1 Å². The van der Waals surface area contributed by atoms with Crippen molar-refractivity contribution in [1.29, 1.82) is 0 Å². The molecular weight excluding hydrogens is 568 g/mol. The van der Waals surface area contributed by atoms with Crippen molar-refractivity contribution in [1.82, 2.24) is 23.8 Å². The number of allylic oxidation sites excluding steroid dienone is 1. The lowest BCUT2D eigenvalue weighted by Crippen LogP contribution is -2.47. The maximum Gasteiger partial charge on any atom is 0.419 e. The maximum absolute atomic E-state index is 13.2. The van der Waals surface area contributed by atoms with E-state index < -0.39 is 17.3 Å². The van der Waals surface area contributed by atoms with E-state index in [1.165, 1.54) is 4.57 Å². The molecule has 1 N–H and O–H groups in total. The van der Waals surface area contributed by atoms with Crippen LogP contribution in [-0.2, 0) is 9.47 Å². The lowest BCUT2D eigenvalue weighted by Gasteiger charge is -2.34. The lowest BCUT2D eigenvalue weighted by molar-refractivity contribution is 0.0206. The number of nitrogens with zero attached hydrogens (tertiary/aromatic N) is 5. The third kappa shape index (κ3) is 6.34. The highest BCUT2D eigenvalue weighted by Gasteiger charge is 2.30. The third-order valence-electron chi connectivity index (χ3n) is 7.00. The van der Waals surface area contributed by atoms with Gasteiger partial charge >= 0.3 is 12.2 Å². The summed E-state index contributed by atoms with van der Waals surface area (Å²) in [7, 11) is 0.